The minimum atomic E-state index is 0.0718. The molecular weight excluding hydrogens is 234 g/mol. The van der Waals surface area contributed by atoms with Gasteiger partial charge in [-0.25, -0.2) is 0 Å². The van der Waals surface area contributed by atoms with Gasteiger partial charge in [-0.2, -0.15) is 0 Å². The lowest BCUT2D eigenvalue weighted by Gasteiger charge is -2.29. The van der Waals surface area contributed by atoms with Gasteiger partial charge in [0.25, 0.3) is 0 Å². The number of nitrogens with zero attached hydrogens (tertiary/aromatic N) is 1. The van der Waals surface area contributed by atoms with E-state index in [1.165, 1.54) is 12.8 Å². The Hall–Kier alpha value is -0.220. The van der Waals surface area contributed by atoms with E-state index in [-0.39, 0.29) is 17.3 Å². The average molecular weight is 259 g/mol. The molecule has 0 aliphatic heterocycles. The standard InChI is InChI=1S/C13H25NO2S/c1-13(2,3)17-10-12(16)14(8-9-15)11-6-4-5-7-11/h11,15H,4-10H2,1-3H3. The van der Waals surface area contributed by atoms with Crippen LogP contribution in [0.5, 0.6) is 0 Å². The Morgan fingerprint density at radius 1 is 1.35 bits per heavy atom. The third-order valence-electron chi connectivity index (χ3n) is 3.06. The first-order valence-corrected chi connectivity index (χ1v) is 7.47. The average Bonchev–Trinajstić information content (AvgIpc) is 2.74. The molecule has 1 rings (SSSR count). The first-order chi connectivity index (χ1) is 7.94. The molecular formula is C13H25NO2S. The zero-order valence-corrected chi connectivity index (χ0v) is 12.1. The summed E-state index contributed by atoms with van der Waals surface area (Å²) in [5, 5.41) is 9.07. The molecule has 4 heteroatoms. The lowest BCUT2D eigenvalue weighted by Crippen LogP contribution is -2.42. The van der Waals surface area contributed by atoms with Crippen LogP contribution in [0.25, 0.3) is 0 Å². The van der Waals surface area contributed by atoms with Crippen molar-refractivity contribution in [3.05, 3.63) is 0 Å². The highest BCUT2D eigenvalue weighted by molar-refractivity contribution is 8.01. The first kappa shape index (κ1) is 14.8. The van der Waals surface area contributed by atoms with Crippen molar-refractivity contribution >= 4 is 17.7 Å². The summed E-state index contributed by atoms with van der Waals surface area (Å²) in [5.41, 5.74) is 0. The van der Waals surface area contributed by atoms with Crippen molar-refractivity contribution in [1.29, 1.82) is 0 Å². The van der Waals surface area contributed by atoms with Gasteiger partial charge in [0.15, 0.2) is 0 Å². The molecule has 1 fully saturated rings. The molecule has 0 aromatic carbocycles. The predicted molar refractivity (Wildman–Crippen MR) is 73.3 cm³/mol. The van der Waals surface area contributed by atoms with Gasteiger partial charge in [0, 0.05) is 17.3 Å². The Morgan fingerprint density at radius 2 is 1.94 bits per heavy atom. The Balaban J connectivity index is 2.48. The summed E-state index contributed by atoms with van der Waals surface area (Å²) < 4.78 is 0.121. The number of hydrogen-bond acceptors (Lipinski definition) is 3. The molecule has 17 heavy (non-hydrogen) atoms. The molecule has 3 nitrogen and oxygen atoms in total. The van der Waals surface area contributed by atoms with Gasteiger partial charge in [0.05, 0.1) is 12.4 Å². The highest BCUT2D eigenvalue weighted by Gasteiger charge is 2.26. The molecule has 0 aromatic heterocycles. The SMILES string of the molecule is CC(C)(C)SCC(=O)N(CCO)C1CCCC1. The topological polar surface area (TPSA) is 40.5 Å². The van der Waals surface area contributed by atoms with E-state index >= 15 is 0 Å². The zero-order chi connectivity index (χ0) is 12.9. The van der Waals surface area contributed by atoms with Gasteiger partial charge in [-0.1, -0.05) is 33.6 Å². The van der Waals surface area contributed by atoms with Crippen LogP contribution in [0, 0.1) is 0 Å². The number of aliphatic hydroxyl groups excluding tert-OH is 1. The van der Waals surface area contributed by atoms with Crippen molar-refractivity contribution in [2.45, 2.75) is 57.2 Å². The van der Waals surface area contributed by atoms with Crippen LogP contribution in [0.15, 0.2) is 0 Å². The maximum atomic E-state index is 12.2. The minimum Gasteiger partial charge on any atom is -0.395 e. The fraction of sp³-hybridized carbons (Fsp3) is 0.923. The van der Waals surface area contributed by atoms with Crippen LogP contribution in [0.3, 0.4) is 0 Å². The molecule has 1 saturated carbocycles. The van der Waals surface area contributed by atoms with Gasteiger partial charge >= 0.3 is 0 Å². The Labute approximate surface area is 109 Å². The van der Waals surface area contributed by atoms with Gasteiger partial charge in [-0.05, 0) is 12.8 Å². The number of aliphatic hydroxyl groups is 1. The van der Waals surface area contributed by atoms with E-state index in [1.807, 2.05) is 4.90 Å². The van der Waals surface area contributed by atoms with Crippen LogP contribution in [0.1, 0.15) is 46.5 Å². The van der Waals surface area contributed by atoms with E-state index < -0.39 is 0 Å². The summed E-state index contributed by atoms with van der Waals surface area (Å²) in [4.78, 5) is 14.1. The van der Waals surface area contributed by atoms with Gasteiger partial charge in [0.2, 0.25) is 5.91 Å². The summed E-state index contributed by atoms with van der Waals surface area (Å²) in [6.45, 7) is 6.93. The van der Waals surface area contributed by atoms with E-state index in [0.29, 0.717) is 18.3 Å². The van der Waals surface area contributed by atoms with Crippen molar-refractivity contribution in [3.63, 3.8) is 0 Å². The Bertz CT molecular complexity index is 244. The molecule has 0 spiro atoms. The molecule has 1 amide bonds. The van der Waals surface area contributed by atoms with Crippen molar-refractivity contribution in [2.75, 3.05) is 18.9 Å². The summed E-state index contributed by atoms with van der Waals surface area (Å²) in [6, 6.07) is 0.371. The number of carbonyl (C=O) groups is 1. The summed E-state index contributed by atoms with van der Waals surface area (Å²) in [6.07, 6.45) is 4.64. The molecule has 0 atom stereocenters. The normalized spacial score (nSPS) is 17.4. The third-order valence-corrected chi connectivity index (χ3v) is 4.31. The predicted octanol–water partition coefficient (Wildman–Crippen LogP) is 2.28. The number of rotatable bonds is 5. The highest BCUT2D eigenvalue weighted by Crippen LogP contribution is 2.26. The Kier molecular flexibility index (Phi) is 5.80. The summed E-state index contributed by atoms with van der Waals surface area (Å²) in [5.74, 6) is 0.714. The zero-order valence-electron chi connectivity index (χ0n) is 11.2. The van der Waals surface area contributed by atoms with E-state index in [2.05, 4.69) is 20.8 Å². The minimum absolute atomic E-state index is 0.0718. The van der Waals surface area contributed by atoms with E-state index in [0.717, 1.165) is 12.8 Å². The maximum absolute atomic E-state index is 12.2. The molecule has 0 bridgehead atoms. The van der Waals surface area contributed by atoms with Crippen molar-refractivity contribution in [1.82, 2.24) is 4.90 Å². The molecule has 1 aliphatic rings. The first-order valence-electron chi connectivity index (χ1n) is 6.48. The maximum Gasteiger partial charge on any atom is 0.232 e. The quantitative estimate of drug-likeness (QED) is 0.823. The van der Waals surface area contributed by atoms with Crippen LogP contribution in [-0.4, -0.2) is 45.6 Å². The second-order valence-corrected chi connectivity index (χ2v) is 7.45. The number of amides is 1. The lowest BCUT2D eigenvalue weighted by atomic mass is 10.2. The van der Waals surface area contributed by atoms with Crippen LogP contribution < -0.4 is 0 Å². The molecule has 0 heterocycles. The molecule has 0 unspecified atom stereocenters. The number of thioether (sulfide) groups is 1. The molecule has 1 aliphatic carbocycles. The highest BCUT2D eigenvalue weighted by atomic mass is 32.2. The summed E-state index contributed by atoms with van der Waals surface area (Å²) in [7, 11) is 0. The van der Waals surface area contributed by atoms with Crippen LogP contribution in [0.2, 0.25) is 0 Å². The monoisotopic (exact) mass is 259 g/mol. The molecule has 0 radical (unpaired) electrons. The fourth-order valence-electron chi connectivity index (χ4n) is 2.20. The van der Waals surface area contributed by atoms with Crippen molar-refractivity contribution in [2.24, 2.45) is 0 Å². The van der Waals surface area contributed by atoms with Gasteiger partial charge in [0.1, 0.15) is 0 Å². The molecule has 0 aromatic rings. The van der Waals surface area contributed by atoms with Crippen molar-refractivity contribution < 1.29 is 9.90 Å². The molecule has 0 saturated heterocycles. The van der Waals surface area contributed by atoms with Crippen LogP contribution >= 0.6 is 11.8 Å². The molecule has 100 valence electrons. The van der Waals surface area contributed by atoms with Gasteiger partial charge < -0.3 is 10.0 Å². The van der Waals surface area contributed by atoms with E-state index in [4.69, 9.17) is 5.11 Å². The van der Waals surface area contributed by atoms with Gasteiger partial charge in [-0.15, -0.1) is 11.8 Å². The van der Waals surface area contributed by atoms with E-state index in [1.54, 1.807) is 11.8 Å². The largest absolute Gasteiger partial charge is 0.395 e. The smallest absolute Gasteiger partial charge is 0.232 e. The van der Waals surface area contributed by atoms with Crippen molar-refractivity contribution in [3.8, 4) is 0 Å². The van der Waals surface area contributed by atoms with Crippen LogP contribution in [0.4, 0.5) is 0 Å². The number of hydrogen-bond donors (Lipinski definition) is 1. The second kappa shape index (κ2) is 6.64. The lowest BCUT2D eigenvalue weighted by molar-refractivity contribution is -0.131. The van der Waals surface area contributed by atoms with Gasteiger partial charge in [-0.3, -0.25) is 4.79 Å². The number of carbonyl (C=O) groups excluding carboxylic acids is 1. The van der Waals surface area contributed by atoms with Crippen LogP contribution in [-0.2, 0) is 4.79 Å². The second-order valence-electron chi connectivity index (χ2n) is 5.65. The fourth-order valence-corrected chi connectivity index (χ4v) is 2.92. The third kappa shape index (κ3) is 5.30. The van der Waals surface area contributed by atoms with E-state index in [9.17, 15) is 4.79 Å². The Morgan fingerprint density at radius 3 is 2.41 bits per heavy atom. The molecule has 1 N–H and O–H groups in total. The summed E-state index contributed by atoms with van der Waals surface area (Å²) >= 11 is 1.68.